The standard InChI is InChI=1S/C18H18N4O2/c1-24-14-9-7-13(8-10-14)19-17-3-2-4-18-20-16(21-22(17)18)11-15(23)12-5-6-12/h2-4,7-10,12,19H,5-6,11H2,1H3. The van der Waals surface area contributed by atoms with Gasteiger partial charge in [0.1, 0.15) is 17.4 Å². The highest BCUT2D eigenvalue weighted by molar-refractivity contribution is 5.84. The third kappa shape index (κ3) is 2.95. The fourth-order valence-electron chi connectivity index (χ4n) is 2.65. The first-order valence-electron chi connectivity index (χ1n) is 8.01. The van der Waals surface area contributed by atoms with Gasteiger partial charge in [-0.3, -0.25) is 4.79 Å². The van der Waals surface area contributed by atoms with Crippen LogP contribution in [0.3, 0.4) is 0 Å². The number of rotatable bonds is 6. The molecule has 0 saturated heterocycles. The Bertz CT molecular complexity index is 882. The van der Waals surface area contributed by atoms with Crippen LogP contribution in [0.4, 0.5) is 11.5 Å². The first-order valence-corrected chi connectivity index (χ1v) is 8.01. The number of benzene rings is 1. The predicted molar refractivity (Wildman–Crippen MR) is 90.7 cm³/mol. The summed E-state index contributed by atoms with van der Waals surface area (Å²) in [6.07, 6.45) is 2.33. The van der Waals surface area contributed by atoms with Crippen molar-refractivity contribution in [3.05, 3.63) is 48.3 Å². The molecule has 1 aromatic carbocycles. The van der Waals surface area contributed by atoms with E-state index >= 15 is 0 Å². The van der Waals surface area contributed by atoms with Crippen LogP contribution in [0.15, 0.2) is 42.5 Å². The number of anilines is 2. The Morgan fingerprint density at radius 2 is 2.04 bits per heavy atom. The summed E-state index contributed by atoms with van der Waals surface area (Å²) >= 11 is 0. The largest absolute Gasteiger partial charge is 0.497 e. The fraction of sp³-hybridized carbons (Fsp3) is 0.278. The van der Waals surface area contributed by atoms with Crippen LogP contribution >= 0.6 is 0 Å². The molecular formula is C18H18N4O2. The number of hydrogen-bond acceptors (Lipinski definition) is 5. The molecule has 0 amide bonds. The van der Waals surface area contributed by atoms with Crippen LogP contribution < -0.4 is 10.1 Å². The Hall–Kier alpha value is -2.89. The minimum Gasteiger partial charge on any atom is -0.497 e. The summed E-state index contributed by atoms with van der Waals surface area (Å²) in [5.74, 6) is 2.66. The number of methoxy groups -OCH3 is 1. The molecule has 24 heavy (non-hydrogen) atoms. The van der Waals surface area contributed by atoms with Gasteiger partial charge in [-0.1, -0.05) is 6.07 Å². The highest BCUT2D eigenvalue weighted by Crippen LogP contribution is 2.30. The van der Waals surface area contributed by atoms with Gasteiger partial charge < -0.3 is 10.1 Å². The van der Waals surface area contributed by atoms with Gasteiger partial charge in [0, 0.05) is 11.6 Å². The second-order valence-corrected chi connectivity index (χ2v) is 5.98. The SMILES string of the molecule is COc1ccc(Nc2cccc3nc(CC(=O)C4CC4)nn23)cc1. The van der Waals surface area contributed by atoms with E-state index in [-0.39, 0.29) is 11.7 Å². The summed E-state index contributed by atoms with van der Waals surface area (Å²) in [4.78, 5) is 16.4. The van der Waals surface area contributed by atoms with Crippen molar-refractivity contribution in [2.45, 2.75) is 19.3 Å². The lowest BCUT2D eigenvalue weighted by Crippen LogP contribution is -2.06. The zero-order valence-corrected chi connectivity index (χ0v) is 13.4. The van der Waals surface area contributed by atoms with Gasteiger partial charge in [0.2, 0.25) is 0 Å². The Labute approximate surface area is 139 Å². The van der Waals surface area contributed by atoms with E-state index < -0.39 is 0 Å². The molecule has 4 rings (SSSR count). The lowest BCUT2D eigenvalue weighted by Gasteiger charge is -2.08. The Kier molecular flexibility index (Phi) is 3.65. The number of fused-ring (bicyclic) bond motifs is 1. The monoisotopic (exact) mass is 322 g/mol. The van der Waals surface area contributed by atoms with Crippen molar-refractivity contribution in [2.75, 3.05) is 12.4 Å². The molecule has 122 valence electrons. The first-order chi connectivity index (χ1) is 11.7. The molecule has 0 spiro atoms. The van der Waals surface area contributed by atoms with Crippen molar-refractivity contribution in [1.82, 2.24) is 14.6 Å². The van der Waals surface area contributed by atoms with Gasteiger partial charge in [-0.2, -0.15) is 4.52 Å². The van der Waals surface area contributed by atoms with Crippen LogP contribution in [0.5, 0.6) is 5.75 Å². The van der Waals surface area contributed by atoms with Gasteiger partial charge in [0.15, 0.2) is 11.5 Å². The summed E-state index contributed by atoms with van der Waals surface area (Å²) in [6, 6.07) is 13.4. The molecule has 0 atom stereocenters. The smallest absolute Gasteiger partial charge is 0.159 e. The molecule has 2 heterocycles. The molecule has 0 bridgehead atoms. The van der Waals surface area contributed by atoms with Gasteiger partial charge in [-0.15, -0.1) is 5.10 Å². The van der Waals surface area contributed by atoms with Crippen molar-refractivity contribution in [3.8, 4) is 5.75 Å². The Balaban J connectivity index is 1.59. The van der Waals surface area contributed by atoms with Gasteiger partial charge >= 0.3 is 0 Å². The maximum atomic E-state index is 12.0. The van der Waals surface area contributed by atoms with E-state index in [1.54, 1.807) is 11.6 Å². The van der Waals surface area contributed by atoms with E-state index in [4.69, 9.17) is 4.74 Å². The van der Waals surface area contributed by atoms with E-state index in [9.17, 15) is 4.79 Å². The number of aromatic nitrogens is 3. The van der Waals surface area contributed by atoms with Crippen LogP contribution in [0.2, 0.25) is 0 Å². The summed E-state index contributed by atoms with van der Waals surface area (Å²) < 4.78 is 6.90. The molecule has 0 radical (unpaired) electrons. The zero-order valence-electron chi connectivity index (χ0n) is 13.4. The molecular weight excluding hydrogens is 304 g/mol. The summed E-state index contributed by atoms with van der Waals surface area (Å²) in [5, 5.41) is 7.81. The molecule has 1 aliphatic rings. The lowest BCUT2D eigenvalue weighted by atomic mass is 10.2. The van der Waals surface area contributed by atoms with Gasteiger partial charge in [0.25, 0.3) is 0 Å². The van der Waals surface area contributed by atoms with Crippen LogP contribution in [0.1, 0.15) is 18.7 Å². The third-order valence-electron chi connectivity index (χ3n) is 4.13. The number of carbonyl (C=O) groups excluding carboxylic acids is 1. The minimum atomic E-state index is 0.230. The Morgan fingerprint density at radius 1 is 1.25 bits per heavy atom. The number of hydrogen-bond donors (Lipinski definition) is 1. The van der Waals surface area contributed by atoms with E-state index in [1.165, 1.54) is 0 Å². The molecule has 6 heteroatoms. The van der Waals surface area contributed by atoms with E-state index in [1.807, 2.05) is 42.5 Å². The molecule has 1 aliphatic carbocycles. The van der Waals surface area contributed by atoms with E-state index in [2.05, 4.69) is 15.4 Å². The highest BCUT2D eigenvalue weighted by atomic mass is 16.5. The number of ketones is 1. The second kappa shape index (κ2) is 5.96. The summed E-state index contributed by atoms with van der Waals surface area (Å²) in [7, 11) is 1.64. The van der Waals surface area contributed by atoms with E-state index in [0.29, 0.717) is 12.2 Å². The van der Waals surface area contributed by atoms with Crippen molar-refractivity contribution >= 4 is 22.9 Å². The number of nitrogens with zero attached hydrogens (tertiary/aromatic N) is 3. The zero-order chi connectivity index (χ0) is 16.5. The molecule has 1 fully saturated rings. The van der Waals surface area contributed by atoms with Crippen LogP contribution in [0, 0.1) is 5.92 Å². The number of pyridine rings is 1. The molecule has 6 nitrogen and oxygen atoms in total. The number of nitrogens with one attached hydrogen (secondary N) is 1. The molecule has 3 aromatic rings. The Morgan fingerprint density at radius 3 is 2.75 bits per heavy atom. The van der Waals surface area contributed by atoms with Crippen LogP contribution in [-0.2, 0) is 11.2 Å². The van der Waals surface area contributed by atoms with Gasteiger partial charge in [-0.05, 0) is 49.2 Å². The van der Waals surface area contributed by atoms with Crippen molar-refractivity contribution in [2.24, 2.45) is 5.92 Å². The average molecular weight is 322 g/mol. The lowest BCUT2D eigenvalue weighted by molar-refractivity contribution is -0.119. The molecule has 1 N–H and O–H groups in total. The van der Waals surface area contributed by atoms with Crippen LogP contribution in [-0.4, -0.2) is 27.5 Å². The predicted octanol–water partition coefficient (Wildman–Crippen LogP) is 3.00. The molecule has 1 saturated carbocycles. The van der Waals surface area contributed by atoms with Gasteiger partial charge in [0.05, 0.1) is 13.5 Å². The quantitative estimate of drug-likeness (QED) is 0.755. The molecule has 0 unspecified atom stereocenters. The molecule has 0 aliphatic heterocycles. The summed E-state index contributed by atoms with van der Waals surface area (Å²) in [5.41, 5.74) is 1.65. The number of ether oxygens (including phenoxy) is 1. The maximum absolute atomic E-state index is 12.0. The maximum Gasteiger partial charge on any atom is 0.159 e. The fourth-order valence-corrected chi connectivity index (χ4v) is 2.65. The van der Waals surface area contributed by atoms with E-state index in [0.717, 1.165) is 35.7 Å². The van der Waals surface area contributed by atoms with Crippen molar-refractivity contribution < 1.29 is 9.53 Å². The second-order valence-electron chi connectivity index (χ2n) is 5.98. The minimum absolute atomic E-state index is 0.230. The average Bonchev–Trinajstić information content (AvgIpc) is 3.37. The van der Waals surface area contributed by atoms with Crippen LogP contribution in [0.25, 0.3) is 5.65 Å². The number of carbonyl (C=O) groups is 1. The summed E-state index contributed by atoms with van der Waals surface area (Å²) in [6.45, 7) is 0. The highest BCUT2D eigenvalue weighted by Gasteiger charge is 2.30. The first kappa shape index (κ1) is 14.7. The van der Waals surface area contributed by atoms with Crippen molar-refractivity contribution in [3.63, 3.8) is 0 Å². The topological polar surface area (TPSA) is 68.5 Å². The number of Topliss-reactive ketones (excluding diaryl/α,β-unsaturated/α-hetero) is 1. The normalized spacial score (nSPS) is 13.9. The van der Waals surface area contributed by atoms with Crippen molar-refractivity contribution in [1.29, 1.82) is 0 Å². The van der Waals surface area contributed by atoms with Gasteiger partial charge in [-0.25, -0.2) is 4.98 Å². The molecule has 2 aromatic heterocycles. The third-order valence-corrected chi connectivity index (χ3v) is 4.13.